The van der Waals surface area contributed by atoms with Gasteiger partial charge in [-0.15, -0.1) is 0 Å². The third kappa shape index (κ3) is 2.12. The van der Waals surface area contributed by atoms with E-state index in [1.807, 2.05) is 0 Å². The summed E-state index contributed by atoms with van der Waals surface area (Å²) in [5, 5.41) is 0. The first-order valence-corrected chi connectivity index (χ1v) is 5.03. The van der Waals surface area contributed by atoms with E-state index >= 15 is 0 Å². The molecular weight excluding hydrogens is 252 g/mol. The Labute approximate surface area is 90.4 Å². The SMILES string of the molecule is Cc1cc(C(F)(F)CN)cc(C)c1Br. The van der Waals surface area contributed by atoms with Crippen LogP contribution >= 0.6 is 15.9 Å². The van der Waals surface area contributed by atoms with Gasteiger partial charge in [-0.25, -0.2) is 0 Å². The maximum atomic E-state index is 13.2. The number of nitrogens with two attached hydrogens (primary N) is 1. The van der Waals surface area contributed by atoms with Gasteiger partial charge in [-0.2, -0.15) is 8.78 Å². The Kier molecular flexibility index (Phi) is 3.27. The van der Waals surface area contributed by atoms with E-state index in [-0.39, 0.29) is 5.56 Å². The quantitative estimate of drug-likeness (QED) is 0.872. The first kappa shape index (κ1) is 11.6. The molecule has 0 aromatic heterocycles. The largest absolute Gasteiger partial charge is 0.325 e. The summed E-state index contributed by atoms with van der Waals surface area (Å²) in [5.41, 5.74) is 6.60. The van der Waals surface area contributed by atoms with Crippen molar-refractivity contribution < 1.29 is 8.78 Å². The van der Waals surface area contributed by atoms with Gasteiger partial charge in [0, 0.05) is 10.0 Å². The molecule has 4 heteroatoms. The molecule has 0 saturated carbocycles. The van der Waals surface area contributed by atoms with Crippen molar-refractivity contribution in [3.05, 3.63) is 33.3 Å². The van der Waals surface area contributed by atoms with Crippen LogP contribution in [-0.4, -0.2) is 6.54 Å². The zero-order chi connectivity index (χ0) is 10.9. The summed E-state index contributed by atoms with van der Waals surface area (Å²) < 4.78 is 27.3. The minimum atomic E-state index is -2.93. The number of hydrogen-bond acceptors (Lipinski definition) is 1. The Hall–Kier alpha value is -0.480. The smallest absolute Gasteiger partial charge is 0.285 e. The second-order valence-corrected chi connectivity index (χ2v) is 4.13. The molecule has 0 atom stereocenters. The van der Waals surface area contributed by atoms with Gasteiger partial charge in [0.05, 0.1) is 6.54 Å². The van der Waals surface area contributed by atoms with E-state index in [0.717, 1.165) is 15.6 Å². The maximum Gasteiger partial charge on any atom is 0.285 e. The van der Waals surface area contributed by atoms with Crippen molar-refractivity contribution in [2.24, 2.45) is 5.73 Å². The molecule has 0 saturated heterocycles. The number of aryl methyl sites for hydroxylation is 2. The molecule has 0 amide bonds. The Morgan fingerprint density at radius 2 is 1.71 bits per heavy atom. The minimum Gasteiger partial charge on any atom is -0.325 e. The molecule has 1 nitrogen and oxygen atoms in total. The summed E-state index contributed by atoms with van der Waals surface area (Å²) in [5.74, 6) is -2.93. The Bertz CT molecular complexity index is 327. The molecule has 0 aliphatic rings. The van der Waals surface area contributed by atoms with Crippen molar-refractivity contribution in [3.63, 3.8) is 0 Å². The van der Waals surface area contributed by atoms with Crippen molar-refractivity contribution in [1.82, 2.24) is 0 Å². The molecule has 0 aliphatic heterocycles. The third-order valence-electron chi connectivity index (χ3n) is 2.12. The first-order chi connectivity index (χ1) is 6.38. The molecular formula is C10H12BrF2N. The zero-order valence-electron chi connectivity index (χ0n) is 8.07. The fourth-order valence-corrected chi connectivity index (χ4v) is 1.50. The summed E-state index contributed by atoms with van der Waals surface area (Å²) >= 11 is 3.33. The molecule has 0 fully saturated rings. The van der Waals surface area contributed by atoms with E-state index in [9.17, 15) is 8.78 Å². The van der Waals surface area contributed by atoms with Crippen molar-refractivity contribution in [1.29, 1.82) is 0 Å². The van der Waals surface area contributed by atoms with Gasteiger partial charge in [0.2, 0.25) is 0 Å². The lowest BCUT2D eigenvalue weighted by Gasteiger charge is -2.16. The van der Waals surface area contributed by atoms with Crippen LogP contribution in [0.2, 0.25) is 0 Å². The molecule has 14 heavy (non-hydrogen) atoms. The molecule has 1 rings (SSSR count). The molecule has 1 aromatic carbocycles. The van der Waals surface area contributed by atoms with Crippen molar-refractivity contribution in [3.8, 4) is 0 Å². The van der Waals surface area contributed by atoms with Crippen LogP contribution < -0.4 is 5.73 Å². The third-order valence-corrected chi connectivity index (χ3v) is 3.37. The summed E-state index contributed by atoms with van der Waals surface area (Å²) in [7, 11) is 0. The number of rotatable bonds is 2. The summed E-state index contributed by atoms with van der Waals surface area (Å²) in [6, 6.07) is 2.92. The van der Waals surface area contributed by atoms with Crippen LogP contribution in [0.5, 0.6) is 0 Å². The number of halogens is 3. The van der Waals surface area contributed by atoms with Gasteiger partial charge in [0.1, 0.15) is 0 Å². The van der Waals surface area contributed by atoms with Crippen LogP contribution in [0.15, 0.2) is 16.6 Å². The maximum absolute atomic E-state index is 13.2. The van der Waals surface area contributed by atoms with Crippen molar-refractivity contribution >= 4 is 15.9 Å². The summed E-state index contributed by atoms with van der Waals surface area (Å²) in [6.07, 6.45) is 0. The topological polar surface area (TPSA) is 26.0 Å². The van der Waals surface area contributed by atoms with Gasteiger partial charge < -0.3 is 5.73 Å². The molecule has 0 aliphatic carbocycles. The molecule has 0 spiro atoms. The van der Waals surface area contributed by atoms with Gasteiger partial charge in [0.25, 0.3) is 5.92 Å². The molecule has 0 heterocycles. The lowest BCUT2D eigenvalue weighted by atomic mass is 10.0. The van der Waals surface area contributed by atoms with Crippen LogP contribution in [0.25, 0.3) is 0 Å². The molecule has 0 unspecified atom stereocenters. The highest BCUT2D eigenvalue weighted by Gasteiger charge is 2.30. The predicted octanol–water partition coefficient (Wildman–Crippen LogP) is 3.12. The van der Waals surface area contributed by atoms with E-state index < -0.39 is 12.5 Å². The molecule has 78 valence electrons. The van der Waals surface area contributed by atoms with Crippen LogP contribution in [0.1, 0.15) is 16.7 Å². The average molecular weight is 264 g/mol. The highest BCUT2D eigenvalue weighted by atomic mass is 79.9. The highest BCUT2D eigenvalue weighted by molar-refractivity contribution is 9.10. The molecule has 0 bridgehead atoms. The van der Waals surface area contributed by atoms with Crippen LogP contribution in [-0.2, 0) is 5.92 Å². The van der Waals surface area contributed by atoms with Gasteiger partial charge in [-0.3, -0.25) is 0 Å². The van der Waals surface area contributed by atoms with E-state index in [4.69, 9.17) is 5.73 Å². The van der Waals surface area contributed by atoms with Crippen LogP contribution in [0, 0.1) is 13.8 Å². The standard InChI is InChI=1S/C10H12BrF2N/c1-6-3-8(10(12,13)5-14)4-7(2)9(6)11/h3-4H,5,14H2,1-2H3. The first-order valence-electron chi connectivity index (χ1n) is 4.23. The Balaban J connectivity index is 3.26. The van der Waals surface area contributed by atoms with Gasteiger partial charge >= 0.3 is 0 Å². The van der Waals surface area contributed by atoms with E-state index in [2.05, 4.69) is 15.9 Å². The lowest BCUT2D eigenvalue weighted by Crippen LogP contribution is -2.25. The number of benzene rings is 1. The van der Waals surface area contributed by atoms with Gasteiger partial charge in [-0.1, -0.05) is 15.9 Å². The van der Waals surface area contributed by atoms with E-state index in [1.165, 1.54) is 12.1 Å². The van der Waals surface area contributed by atoms with Gasteiger partial charge in [-0.05, 0) is 37.1 Å². The number of alkyl halides is 2. The normalized spacial score (nSPS) is 11.9. The fraction of sp³-hybridized carbons (Fsp3) is 0.400. The molecule has 2 N–H and O–H groups in total. The van der Waals surface area contributed by atoms with Crippen molar-refractivity contribution in [2.75, 3.05) is 6.54 Å². The second kappa shape index (κ2) is 3.95. The average Bonchev–Trinajstić information content (AvgIpc) is 2.13. The fourth-order valence-electron chi connectivity index (χ4n) is 1.27. The Morgan fingerprint density at radius 3 is 2.07 bits per heavy atom. The lowest BCUT2D eigenvalue weighted by molar-refractivity contribution is 0.00582. The van der Waals surface area contributed by atoms with Crippen molar-refractivity contribution in [2.45, 2.75) is 19.8 Å². The summed E-state index contributed by atoms with van der Waals surface area (Å²) in [4.78, 5) is 0. The molecule has 1 aromatic rings. The molecule has 0 radical (unpaired) electrons. The van der Waals surface area contributed by atoms with E-state index in [0.29, 0.717) is 0 Å². The monoisotopic (exact) mass is 263 g/mol. The van der Waals surface area contributed by atoms with Gasteiger partial charge in [0.15, 0.2) is 0 Å². The van der Waals surface area contributed by atoms with Crippen LogP contribution in [0.3, 0.4) is 0 Å². The minimum absolute atomic E-state index is 0.0156. The van der Waals surface area contributed by atoms with E-state index in [1.54, 1.807) is 13.8 Å². The highest BCUT2D eigenvalue weighted by Crippen LogP contribution is 2.31. The van der Waals surface area contributed by atoms with Crippen LogP contribution in [0.4, 0.5) is 8.78 Å². The second-order valence-electron chi connectivity index (χ2n) is 3.33. The Morgan fingerprint density at radius 1 is 1.29 bits per heavy atom. The summed E-state index contributed by atoms with van der Waals surface area (Å²) in [6.45, 7) is 2.91. The zero-order valence-corrected chi connectivity index (χ0v) is 9.66. The predicted molar refractivity (Wildman–Crippen MR) is 56.6 cm³/mol. The number of hydrogen-bond donors (Lipinski definition) is 1.